The summed E-state index contributed by atoms with van der Waals surface area (Å²) < 4.78 is 2.51. The molecule has 2 rings (SSSR count). The average molecular weight is 276 g/mol. The molecular formula is C13H10ClN3O2. The molecule has 0 atom stereocenters. The number of halogens is 1. The van der Waals surface area contributed by atoms with Crippen LogP contribution < -0.4 is 11.1 Å². The van der Waals surface area contributed by atoms with Crippen LogP contribution in [0.1, 0.15) is 11.1 Å². The molecule has 1 aromatic heterocycles. The van der Waals surface area contributed by atoms with E-state index in [9.17, 15) is 9.59 Å². The number of nitriles is 1. The molecule has 1 aromatic carbocycles. The summed E-state index contributed by atoms with van der Waals surface area (Å²) in [5.41, 5.74) is -0.0706. The van der Waals surface area contributed by atoms with E-state index in [-0.39, 0.29) is 6.54 Å². The highest BCUT2D eigenvalue weighted by Gasteiger charge is 2.06. The first-order valence-corrected chi connectivity index (χ1v) is 5.85. The van der Waals surface area contributed by atoms with Crippen LogP contribution in [0.4, 0.5) is 0 Å². The van der Waals surface area contributed by atoms with Crippen molar-refractivity contribution in [2.75, 3.05) is 0 Å². The summed E-state index contributed by atoms with van der Waals surface area (Å²) in [5.74, 6) is 0. The molecule has 0 saturated heterocycles. The first kappa shape index (κ1) is 13.1. The number of rotatable bonds is 2. The summed E-state index contributed by atoms with van der Waals surface area (Å²) in [7, 11) is 1.52. The van der Waals surface area contributed by atoms with E-state index in [2.05, 4.69) is 0 Å². The molecule has 96 valence electrons. The fourth-order valence-corrected chi connectivity index (χ4v) is 1.88. The smallest absolute Gasteiger partial charge is 0.312 e. The maximum atomic E-state index is 11.8. The van der Waals surface area contributed by atoms with Gasteiger partial charge in [-0.05, 0) is 17.7 Å². The minimum Gasteiger partial charge on any atom is -0.312 e. The second-order valence-electron chi connectivity index (χ2n) is 4.07. The van der Waals surface area contributed by atoms with Crippen molar-refractivity contribution in [2.24, 2.45) is 7.05 Å². The summed E-state index contributed by atoms with van der Waals surface area (Å²) >= 11 is 6.03. The van der Waals surface area contributed by atoms with E-state index in [4.69, 9.17) is 16.9 Å². The van der Waals surface area contributed by atoms with Gasteiger partial charge in [-0.1, -0.05) is 17.7 Å². The highest BCUT2D eigenvalue weighted by Crippen LogP contribution is 2.18. The van der Waals surface area contributed by atoms with Gasteiger partial charge in [0, 0.05) is 24.5 Å². The molecule has 0 unspecified atom stereocenters. The summed E-state index contributed by atoms with van der Waals surface area (Å²) in [6.45, 7) is 0.194. The lowest BCUT2D eigenvalue weighted by molar-refractivity contribution is 0.695. The largest absolute Gasteiger partial charge is 0.316 e. The second-order valence-corrected chi connectivity index (χ2v) is 4.47. The van der Waals surface area contributed by atoms with Gasteiger partial charge in [-0.2, -0.15) is 5.26 Å². The lowest BCUT2D eigenvalue weighted by Crippen LogP contribution is -2.39. The van der Waals surface area contributed by atoms with Gasteiger partial charge >= 0.3 is 11.1 Å². The first-order valence-electron chi connectivity index (χ1n) is 5.47. The Bertz CT molecular complexity index is 784. The average Bonchev–Trinajstić information content (AvgIpc) is 2.41. The van der Waals surface area contributed by atoms with E-state index < -0.39 is 11.1 Å². The van der Waals surface area contributed by atoms with Crippen LogP contribution in [0.2, 0.25) is 5.02 Å². The number of aryl methyl sites for hydroxylation is 1. The van der Waals surface area contributed by atoms with Crippen LogP contribution in [0.15, 0.2) is 40.2 Å². The number of aromatic nitrogens is 2. The van der Waals surface area contributed by atoms with Crippen molar-refractivity contribution in [3.05, 3.63) is 67.4 Å². The Morgan fingerprint density at radius 2 is 2.00 bits per heavy atom. The summed E-state index contributed by atoms with van der Waals surface area (Å²) in [6, 6.07) is 6.80. The zero-order chi connectivity index (χ0) is 14.0. The molecule has 0 bridgehead atoms. The van der Waals surface area contributed by atoms with Gasteiger partial charge in [0.2, 0.25) is 0 Å². The van der Waals surface area contributed by atoms with Gasteiger partial charge in [-0.3, -0.25) is 9.59 Å². The third-order valence-corrected chi connectivity index (χ3v) is 3.11. The summed E-state index contributed by atoms with van der Waals surface area (Å²) in [6.07, 6.45) is 3.04. The van der Waals surface area contributed by atoms with Gasteiger partial charge in [0.05, 0.1) is 18.2 Å². The van der Waals surface area contributed by atoms with E-state index in [0.29, 0.717) is 16.1 Å². The van der Waals surface area contributed by atoms with E-state index in [0.717, 1.165) is 0 Å². The van der Waals surface area contributed by atoms with Crippen molar-refractivity contribution < 1.29 is 0 Å². The van der Waals surface area contributed by atoms with Crippen LogP contribution in [-0.2, 0) is 13.6 Å². The molecule has 0 aliphatic heterocycles. The second kappa shape index (κ2) is 5.12. The zero-order valence-corrected chi connectivity index (χ0v) is 10.9. The molecule has 0 spiro atoms. The van der Waals surface area contributed by atoms with Crippen molar-refractivity contribution >= 4 is 11.6 Å². The van der Waals surface area contributed by atoms with Crippen molar-refractivity contribution in [2.45, 2.75) is 6.54 Å². The highest BCUT2D eigenvalue weighted by molar-refractivity contribution is 6.31. The monoisotopic (exact) mass is 275 g/mol. The lowest BCUT2D eigenvalue weighted by atomic mass is 10.1. The molecule has 19 heavy (non-hydrogen) atoms. The summed E-state index contributed by atoms with van der Waals surface area (Å²) in [4.78, 5) is 23.3. The van der Waals surface area contributed by atoms with E-state index in [1.165, 1.54) is 34.6 Å². The first-order chi connectivity index (χ1) is 9.02. The molecule has 0 amide bonds. The Morgan fingerprint density at radius 3 is 2.63 bits per heavy atom. The maximum Gasteiger partial charge on any atom is 0.316 e. The number of hydrogen-bond acceptors (Lipinski definition) is 3. The molecule has 1 heterocycles. The molecule has 2 aromatic rings. The number of hydrogen-bond donors (Lipinski definition) is 0. The van der Waals surface area contributed by atoms with Gasteiger partial charge in [0.25, 0.3) is 0 Å². The van der Waals surface area contributed by atoms with Gasteiger partial charge < -0.3 is 9.13 Å². The standard InChI is InChI=1S/C13H10ClN3O2/c1-16-4-5-17(13(19)12(16)18)8-10-3-2-9(7-15)6-11(10)14/h2-6H,8H2,1H3. The maximum absolute atomic E-state index is 11.8. The van der Waals surface area contributed by atoms with Gasteiger partial charge in [-0.25, -0.2) is 0 Å². The van der Waals surface area contributed by atoms with Gasteiger partial charge in [0.15, 0.2) is 0 Å². The summed E-state index contributed by atoms with van der Waals surface area (Å²) in [5, 5.41) is 9.14. The quantitative estimate of drug-likeness (QED) is 0.771. The fraction of sp³-hybridized carbons (Fsp3) is 0.154. The normalized spacial score (nSPS) is 10.2. The molecule has 0 radical (unpaired) electrons. The molecule has 0 N–H and O–H groups in total. The highest BCUT2D eigenvalue weighted by atomic mass is 35.5. The van der Waals surface area contributed by atoms with E-state index in [1.807, 2.05) is 6.07 Å². The van der Waals surface area contributed by atoms with Crippen LogP contribution in [0.25, 0.3) is 0 Å². The predicted octanol–water partition coefficient (Wildman–Crippen LogP) is 1.12. The fourth-order valence-electron chi connectivity index (χ4n) is 1.64. The number of nitrogens with zero attached hydrogens (tertiary/aromatic N) is 3. The van der Waals surface area contributed by atoms with E-state index >= 15 is 0 Å². The van der Waals surface area contributed by atoms with E-state index in [1.54, 1.807) is 12.1 Å². The molecule has 0 aliphatic rings. The minimum absolute atomic E-state index is 0.194. The Kier molecular flexibility index (Phi) is 3.54. The van der Waals surface area contributed by atoms with Crippen molar-refractivity contribution in [1.82, 2.24) is 9.13 Å². The Morgan fingerprint density at radius 1 is 1.26 bits per heavy atom. The van der Waals surface area contributed by atoms with Gasteiger partial charge in [-0.15, -0.1) is 0 Å². The third-order valence-electron chi connectivity index (χ3n) is 2.76. The predicted molar refractivity (Wildman–Crippen MR) is 71.2 cm³/mol. The van der Waals surface area contributed by atoms with Crippen LogP contribution in [0, 0.1) is 11.3 Å². The molecule has 6 heteroatoms. The molecule has 0 fully saturated rings. The topological polar surface area (TPSA) is 67.8 Å². The molecular weight excluding hydrogens is 266 g/mol. The molecule has 0 saturated carbocycles. The Hall–Kier alpha value is -2.32. The molecule has 0 aliphatic carbocycles. The zero-order valence-electron chi connectivity index (χ0n) is 10.1. The minimum atomic E-state index is -0.606. The lowest BCUT2D eigenvalue weighted by Gasteiger charge is -2.08. The van der Waals surface area contributed by atoms with Gasteiger partial charge in [0.1, 0.15) is 0 Å². The third kappa shape index (κ3) is 2.59. The van der Waals surface area contributed by atoms with Crippen LogP contribution >= 0.6 is 11.6 Å². The molecule has 5 nitrogen and oxygen atoms in total. The van der Waals surface area contributed by atoms with Crippen LogP contribution in [0.3, 0.4) is 0 Å². The SMILES string of the molecule is Cn1ccn(Cc2ccc(C#N)cc2Cl)c(=O)c1=O. The van der Waals surface area contributed by atoms with Crippen LogP contribution in [-0.4, -0.2) is 9.13 Å². The Labute approximate surface area is 113 Å². The van der Waals surface area contributed by atoms with Crippen LogP contribution in [0.5, 0.6) is 0 Å². The Balaban J connectivity index is 2.43. The van der Waals surface area contributed by atoms with Crippen molar-refractivity contribution in [3.8, 4) is 6.07 Å². The van der Waals surface area contributed by atoms with Crippen molar-refractivity contribution in [1.29, 1.82) is 5.26 Å². The van der Waals surface area contributed by atoms with Crippen molar-refractivity contribution in [3.63, 3.8) is 0 Å². The number of benzene rings is 1.